The van der Waals surface area contributed by atoms with Crippen LogP contribution < -0.4 is 5.32 Å². The molecule has 0 bridgehead atoms. The first-order valence-corrected chi connectivity index (χ1v) is 8.19. The molecule has 2 aliphatic rings. The minimum atomic E-state index is 0.355. The van der Waals surface area contributed by atoms with Crippen LogP contribution in [-0.4, -0.2) is 66.3 Å². The maximum absolute atomic E-state index is 9.32. The minimum absolute atomic E-state index is 0.355. The first kappa shape index (κ1) is 14.8. The lowest BCUT2D eigenvalue weighted by Gasteiger charge is -2.44. The van der Waals surface area contributed by atoms with Gasteiger partial charge >= 0.3 is 0 Å². The van der Waals surface area contributed by atoms with Gasteiger partial charge in [-0.3, -0.25) is 9.80 Å². The van der Waals surface area contributed by atoms with Gasteiger partial charge in [-0.05, 0) is 37.5 Å². The van der Waals surface area contributed by atoms with Gasteiger partial charge in [0.05, 0.1) is 0 Å². The summed E-state index contributed by atoms with van der Waals surface area (Å²) in [7, 11) is 0. The van der Waals surface area contributed by atoms with E-state index in [4.69, 9.17) is 0 Å². The Kier molecular flexibility index (Phi) is 4.78. The summed E-state index contributed by atoms with van der Waals surface area (Å²) >= 11 is 0. The SMILES string of the molecule is CC(CCc1ccc(O)cc1)N1CCN(C2CNC2)CC1. The molecule has 1 atom stereocenters. The van der Waals surface area contributed by atoms with Crippen LogP contribution in [-0.2, 0) is 6.42 Å². The van der Waals surface area contributed by atoms with Crippen LogP contribution in [0.1, 0.15) is 18.9 Å². The molecule has 0 spiro atoms. The van der Waals surface area contributed by atoms with Gasteiger partial charge in [-0.2, -0.15) is 0 Å². The molecule has 0 amide bonds. The van der Waals surface area contributed by atoms with E-state index in [1.807, 2.05) is 12.1 Å². The Labute approximate surface area is 127 Å². The number of benzene rings is 1. The van der Waals surface area contributed by atoms with Crippen molar-refractivity contribution in [1.29, 1.82) is 0 Å². The molecule has 4 heteroatoms. The monoisotopic (exact) mass is 289 g/mol. The van der Waals surface area contributed by atoms with Gasteiger partial charge in [-0.1, -0.05) is 12.1 Å². The zero-order chi connectivity index (χ0) is 14.7. The van der Waals surface area contributed by atoms with Crippen LogP contribution >= 0.6 is 0 Å². The minimum Gasteiger partial charge on any atom is -0.508 e. The molecular weight excluding hydrogens is 262 g/mol. The maximum Gasteiger partial charge on any atom is 0.115 e. The fourth-order valence-electron chi connectivity index (χ4n) is 3.30. The number of aryl methyl sites for hydroxylation is 1. The molecule has 2 aliphatic heterocycles. The molecule has 116 valence electrons. The zero-order valence-electron chi connectivity index (χ0n) is 13.0. The molecule has 2 saturated heterocycles. The molecule has 1 unspecified atom stereocenters. The lowest BCUT2D eigenvalue weighted by atomic mass is 10.0. The van der Waals surface area contributed by atoms with Crippen molar-refractivity contribution in [3.05, 3.63) is 29.8 Å². The smallest absolute Gasteiger partial charge is 0.115 e. The zero-order valence-corrected chi connectivity index (χ0v) is 13.0. The van der Waals surface area contributed by atoms with Crippen LogP contribution in [0, 0.1) is 0 Å². The van der Waals surface area contributed by atoms with Crippen LogP contribution in [0.2, 0.25) is 0 Å². The van der Waals surface area contributed by atoms with Crippen molar-refractivity contribution in [2.45, 2.75) is 31.8 Å². The largest absolute Gasteiger partial charge is 0.508 e. The van der Waals surface area contributed by atoms with Gasteiger partial charge in [-0.25, -0.2) is 0 Å². The van der Waals surface area contributed by atoms with Gasteiger partial charge in [0.15, 0.2) is 0 Å². The topological polar surface area (TPSA) is 38.7 Å². The van der Waals surface area contributed by atoms with Crippen LogP contribution in [0.15, 0.2) is 24.3 Å². The predicted molar refractivity (Wildman–Crippen MR) is 85.7 cm³/mol. The number of piperazine rings is 1. The third kappa shape index (κ3) is 3.76. The summed E-state index contributed by atoms with van der Waals surface area (Å²) in [6.45, 7) is 9.54. The molecule has 1 aromatic rings. The van der Waals surface area contributed by atoms with Crippen molar-refractivity contribution in [2.24, 2.45) is 0 Å². The summed E-state index contributed by atoms with van der Waals surface area (Å²) in [5.74, 6) is 0.355. The summed E-state index contributed by atoms with van der Waals surface area (Å²) in [5, 5.41) is 12.7. The molecule has 0 aromatic heterocycles. The van der Waals surface area contributed by atoms with E-state index in [-0.39, 0.29) is 0 Å². The summed E-state index contributed by atoms with van der Waals surface area (Å²) in [6.07, 6.45) is 2.28. The Morgan fingerprint density at radius 3 is 2.38 bits per heavy atom. The summed E-state index contributed by atoms with van der Waals surface area (Å²) < 4.78 is 0. The Bertz CT molecular complexity index is 436. The van der Waals surface area contributed by atoms with E-state index < -0.39 is 0 Å². The highest BCUT2D eigenvalue weighted by Gasteiger charge is 2.28. The fraction of sp³-hybridized carbons (Fsp3) is 0.647. The third-order valence-electron chi connectivity index (χ3n) is 5.04. The van der Waals surface area contributed by atoms with Crippen LogP contribution in [0.5, 0.6) is 5.75 Å². The number of nitrogens with zero attached hydrogens (tertiary/aromatic N) is 2. The molecule has 2 fully saturated rings. The highest BCUT2D eigenvalue weighted by molar-refractivity contribution is 5.25. The Balaban J connectivity index is 1.41. The highest BCUT2D eigenvalue weighted by atomic mass is 16.3. The number of rotatable bonds is 5. The quantitative estimate of drug-likeness (QED) is 0.857. The Morgan fingerprint density at radius 2 is 1.81 bits per heavy atom. The second kappa shape index (κ2) is 6.77. The average Bonchev–Trinajstić information content (AvgIpc) is 2.45. The summed E-state index contributed by atoms with van der Waals surface area (Å²) in [6, 6.07) is 9.06. The first-order chi connectivity index (χ1) is 10.2. The number of phenols is 1. The van der Waals surface area contributed by atoms with E-state index in [1.54, 1.807) is 12.1 Å². The normalized spacial score (nSPS) is 22.9. The second-order valence-corrected chi connectivity index (χ2v) is 6.44. The lowest BCUT2D eigenvalue weighted by Crippen LogP contribution is -2.62. The predicted octanol–water partition coefficient (Wildman–Crippen LogP) is 1.30. The number of aromatic hydroxyl groups is 1. The molecule has 1 aromatic carbocycles. The molecule has 3 rings (SSSR count). The van der Waals surface area contributed by atoms with Crippen molar-refractivity contribution in [3.8, 4) is 5.75 Å². The van der Waals surface area contributed by atoms with Gasteiger partial charge in [-0.15, -0.1) is 0 Å². The van der Waals surface area contributed by atoms with Crippen LogP contribution in [0.25, 0.3) is 0 Å². The Morgan fingerprint density at radius 1 is 1.14 bits per heavy atom. The van der Waals surface area contributed by atoms with E-state index >= 15 is 0 Å². The van der Waals surface area contributed by atoms with Gasteiger partial charge < -0.3 is 10.4 Å². The standard InChI is InChI=1S/C17H27N3O/c1-14(2-3-15-4-6-17(21)7-5-15)19-8-10-20(11-9-19)16-12-18-13-16/h4-7,14,16,18,21H,2-3,8-13H2,1H3. The van der Waals surface area contributed by atoms with Crippen molar-refractivity contribution in [3.63, 3.8) is 0 Å². The van der Waals surface area contributed by atoms with Crippen molar-refractivity contribution in [1.82, 2.24) is 15.1 Å². The number of hydrogen-bond donors (Lipinski definition) is 2. The lowest BCUT2D eigenvalue weighted by molar-refractivity contribution is 0.0537. The van der Waals surface area contributed by atoms with Crippen molar-refractivity contribution >= 4 is 0 Å². The van der Waals surface area contributed by atoms with E-state index in [2.05, 4.69) is 22.0 Å². The summed E-state index contributed by atoms with van der Waals surface area (Å²) in [5.41, 5.74) is 1.32. The molecule has 4 nitrogen and oxygen atoms in total. The van der Waals surface area contributed by atoms with E-state index in [9.17, 15) is 5.11 Å². The maximum atomic E-state index is 9.32. The molecule has 0 aliphatic carbocycles. The van der Waals surface area contributed by atoms with E-state index in [0.717, 1.165) is 12.5 Å². The molecule has 2 N–H and O–H groups in total. The van der Waals surface area contributed by atoms with Crippen molar-refractivity contribution < 1.29 is 5.11 Å². The summed E-state index contributed by atoms with van der Waals surface area (Å²) in [4.78, 5) is 5.27. The van der Waals surface area contributed by atoms with Gasteiger partial charge in [0, 0.05) is 51.4 Å². The molecule has 0 radical (unpaired) electrons. The van der Waals surface area contributed by atoms with Crippen LogP contribution in [0.3, 0.4) is 0 Å². The average molecular weight is 289 g/mol. The first-order valence-electron chi connectivity index (χ1n) is 8.19. The van der Waals surface area contributed by atoms with Gasteiger partial charge in [0.25, 0.3) is 0 Å². The van der Waals surface area contributed by atoms with Gasteiger partial charge in [0.2, 0.25) is 0 Å². The third-order valence-corrected chi connectivity index (χ3v) is 5.04. The molecular formula is C17H27N3O. The highest BCUT2D eigenvalue weighted by Crippen LogP contribution is 2.16. The van der Waals surface area contributed by atoms with Crippen LogP contribution in [0.4, 0.5) is 0 Å². The fourth-order valence-corrected chi connectivity index (χ4v) is 3.30. The van der Waals surface area contributed by atoms with Gasteiger partial charge in [0.1, 0.15) is 5.75 Å². The number of hydrogen-bond acceptors (Lipinski definition) is 4. The van der Waals surface area contributed by atoms with E-state index in [0.29, 0.717) is 11.8 Å². The molecule has 21 heavy (non-hydrogen) atoms. The molecule has 2 heterocycles. The number of nitrogens with one attached hydrogen (secondary N) is 1. The van der Waals surface area contributed by atoms with E-state index in [1.165, 1.54) is 51.3 Å². The molecule has 0 saturated carbocycles. The second-order valence-electron chi connectivity index (χ2n) is 6.44. The Hall–Kier alpha value is -1.10. The van der Waals surface area contributed by atoms with Crippen molar-refractivity contribution in [2.75, 3.05) is 39.3 Å². The number of phenolic OH excluding ortho intramolecular Hbond substituents is 1.